The minimum atomic E-state index is -0.204. The lowest BCUT2D eigenvalue weighted by atomic mass is 10.2. The van der Waals surface area contributed by atoms with Crippen molar-refractivity contribution in [2.24, 2.45) is 0 Å². The van der Waals surface area contributed by atoms with Crippen molar-refractivity contribution in [1.29, 1.82) is 0 Å². The van der Waals surface area contributed by atoms with Gasteiger partial charge in [-0.3, -0.25) is 9.59 Å². The molecule has 0 saturated carbocycles. The largest absolute Gasteiger partial charge is 0.355 e. The van der Waals surface area contributed by atoms with Crippen LogP contribution in [0.5, 0.6) is 0 Å². The first kappa shape index (κ1) is 12.1. The summed E-state index contributed by atoms with van der Waals surface area (Å²) in [6.07, 6.45) is 1.70. The highest BCUT2D eigenvalue weighted by molar-refractivity contribution is 6.02. The van der Waals surface area contributed by atoms with Gasteiger partial charge in [-0.2, -0.15) is 5.10 Å². The number of fused-ring (bicyclic) bond motifs is 1. The fraction of sp³-hybridized carbons (Fsp3) is 0.250. The second kappa shape index (κ2) is 4.48. The van der Waals surface area contributed by atoms with Gasteiger partial charge in [0, 0.05) is 27.3 Å². The third-order valence-corrected chi connectivity index (χ3v) is 2.60. The predicted molar refractivity (Wildman–Crippen MR) is 66.6 cm³/mol. The number of aromatic nitrogens is 2. The zero-order valence-electron chi connectivity index (χ0n) is 10.5. The quantitative estimate of drug-likeness (QED) is 0.833. The monoisotopic (exact) mass is 246 g/mol. The summed E-state index contributed by atoms with van der Waals surface area (Å²) < 4.78 is 1.53. The lowest BCUT2D eigenvalue weighted by Gasteiger charge is -2.06. The summed E-state index contributed by atoms with van der Waals surface area (Å²) in [7, 11) is 4.88. The van der Waals surface area contributed by atoms with Crippen LogP contribution in [-0.4, -0.2) is 47.5 Å². The van der Waals surface area contributed by atoms with Crippen LogP contribution in [0.1, 0.15) is 20.8 Å². The van der Waals surface area contributed by atoms with Gasteiger partial charge >= 0.3 is 0 Å². The number of carbonyl (C=O) groups is 2. The molecular weight excluding hydrogens is 232 g/mol. The molecule has 0 saturated heterocycles. The molecule has 0 aliphatic rings. The molecule has 0 fully saturated rings. The maximum Gasteiger partial charge on any atom is 0.273 e. The number of nitrogens with zero attached hydrogens (tertiary/aromatic N) is 3. The van der Waals surface area contributed by atoms with E-state index in [2.05, 4.69) is 10.4 Å². The third-order valence-electron chi connectivity index (χ3n) is 2.60. The van der Waals surface area contributed by atoms with Crippen LogP contribution in [0.2, 0.25) is 0 Å². The normalized spacial score (nSPS) is 10.4. The summed E-state index contributed by atoms with van der Waals surface area (Å²) in [5.74, 6) is -0.397. The molecule has 2 aromatic rings. The Balaban J connectivity index is 2.58. The van der Waals surface area contributed by atoms with Crippen molar-refractivity contribution in [3.8, 4) is 0 Å². The van der Waals surface area contributed by atoms with Gasteiger partial charge in [0.15, 0.2) is 5.69 Å². The molecule has 0 aliphatic carbocycles. The molecule has 2 amide bonds. The zero-order valence-corrected chi connectivity index (χ0v) is 10.5. The van der Waals surface area contributed by atoms with Crippen LogP contribution < -0.4 is 5.32 Å². The zero-order chi connectivity index (χ0) is 13.3. The highest BCUT2D eigenvalue weighted by atomic mass is 16.2. The average molecular weight is 246 g/mol. The van der Waals surface area contributed by atoms with Crippen LogP contribution in [0.3, 0.4) is 0 Å². The van der Waals surface area contributed by atoms with Crippen LogP contribution >= 0.6 is 0 Å². The Morgan fingerprint density at radius 2 is 2.11 bits per heavy atom. The van der Waals surface area contributed by atoms with E-state index in [0.717, 1.165) is 0 Å². The van der Waals surface area contributed by atoms with Crippen LogP contribution in [0.4, 0.5) is 0 Å². The Bertz CT molecular complexity index is 616. The smallest absolute Gasteiger partial charge is 0.273 e. The van der Waals surface area contributed by atoms with Crippen molar-refractivity contribution in [2.45, 2.75) is 0 Å². The Hall–Kier alpha value is -2.37. The lowest BCUT2D eigenvalue weighted by Crippen LogP contribution is -2.22. The SMILES string of the molecule is CNC(=O)c1cccn2nc(C(=O)N(C)C)cc12. The summed E-state index contributed by atoms with van der Waals surface area (Å²) in [5.41, 5.74) is 1.42. The first-order valence-electron chi connectivity index (χ1n) is 5.46. The van der Waals surface area contributed by atoms with E-state index >= 15 is 0 Å². The molecule has 0 aliphatic heterocycles. The molecule has 0 unspecified atom stereocenters. The average Bonchev–Trinajstić information content (AvgIpc) is 2.80. The number of hydrogen-bond acceptors (Lipinski definition) is 3. The number of amides is 2. The van der Waals surface area contributed by atoms with Crippen molar-refractivity contribution >= 4 is 17.3 Å². The number of pyridine rings is 1. The van der Waals surface area contributed by atoms with Gasteiger partial charge in [0.2, 0.25) is 0 Å². The number of nitrogens with one attached hydrogen (secondary N) is 1. The molecule has 18 heavy (non-hydrogen) atoms. The summed E-state index contributed by atoms with van der Waals surface area (Å²) in [6.45, 7) is 0. The maximum atomic E-state index is 11.8. The van der Waals surface area contributed by atoms with Crippen LogP contribution in [0.25, 0.3) is 5.52 Å². The fourth-order valence-corrected chi connectivity index (χ4v) is 1.68. The maximum absolute atomic E-state index is 11.8. The molecule has 1 N–H and O–H groups in total. The van der Waals surface area contributed by atoms with Gasteiger partial charge in [-0.05, 0) is 18.2 Å². The Morgan fingerprint density at radius 3 is 2.72 bits per heavy atom. The fourth-order valence-electron chi connectivity index (χ4n) is 1.68. The predicted octanol–water partition coefficient (Wildman–Crippen LogP) is 0.396. The first-order valence-corrected chi connectivity index (χ1v) is 5.46. The molecular formula is C12H14N4O2. The minimum absolute atomic E-state index is 0.193. The van der Waals surface area contributed by atoms with Crippen molar-refractivity contribution in [3.05, 3.63) is 35.7 Å². The van der Waals surface area contributed by atoms with Gasteiger partial charge in [0.25, 0.3) is 11.8 Å². The first-order chi connectivity index (χ1) is 8.54. The number of hydrogen-bond donors (Lipinski definition) is 1. The van der Waals surface area contributed by atoms with Gasteiger partial charge in [-0.25, -0.2) is 4.52 Å². The standard InChI is InChI=1S/C12H14N4O2/c1-13-11(17)8-5-4-6-16-10(8)7-9(14-16)12(18)15(2)3/h4-7H,1-3H3,(H,13,17). The molecule has 0 aromatic carbocycles. The van der Waals surface area contributed by atoms with Crippen LogP contribution in [-0.2, 0) is 0 Å². The van der Waals surface area contributed by atoms with Gasteiger partial charge < -0.3 is 10.2 Å². The molecule has 0 spiro atoms. The number of carbonyl (C=O) groups excluding carboxylic acids is 2. The van der Waals surface area contributed by atoms with Gasteiger partial charge in [-0.15, -0.1) is 0 Å². The highest BCUT2D eigenvalue weighted by Crippen LogP contribution is 2.13. The van der Waals surface area contributed by atoms with Crippen LogP contribution in [0.15, 0.2) is 24.4 Å². The van der Waals surface area contributed by atoms with Crippen LogP contribution in [0, 0.1) is 0 Å². The topological polar surface area (TPSA) is 66.7 Å². The Kier molecular flexibility index (Phi) is 3.01. The molecule has 6 heteroatoms. The van der Waals surface area contributed by atoms with E-state index < -0.39 is 0 Å². The van der Waals surface area contributed by atoms with E-state index in [9.17, 15) is 9.59 Å². The van der Waals surface area contributed by atoms with E-state index in [0.29, 0.717) is 16.8 Å². The van der Waals surface area contributed by atoms with Crippen molar-refractivity contribution in [2.75, 3.05) is 21.1 Å². The van der Waals surface area contributed by atoms with E-state index in [-0.39, 0.29) is 11.8 Å². The summed E-state index contributed by atoms with van der Waals surface area (Å²) in [5, 5.41) is 6.72. The van der Waals surface area contributed by atoms with E-state index in [1.165, 1.54) is 9.42 Å². The molecule has 94 valence electrons. The van der Waals surface area contributed by atoms with E-state index in [1.807, 2.05) is 0 Å². The second-order valence-electron chi connectivity index (χ2n) is 4.06. The van der Waals surface area contributed by atoms with Crippen molar-refractivity contribution in [1.82, 2.24) is 19.8 Å². The van der Waals surface area contributed by atoms with Gasteiger partial charge in [0.05, 0.1) is 11.1 Å². The molecule has 6 nitrogen and oxygen atoms in total. The molecule has 0 radical (unpaired) electrons. The molecule has 2 heterocycles. The summed E-state index contributed by atoms with van der Waals surface area (Å²) in [4.78, 5) is 25.0. The summed E-state index contributed by atoms with van der Waals surface area (Å²) >= 11 is 0. The van der Waals surface area contributed by atoms with E-state index in [1.54, 1.807) is 45.5 Å². The number of rotatable bonds is 2. The van der Waals surface area contributed by atoms with E-state index in [4.69, 9.17) is 0 Å². The molecule has 0 atom stereocenters. The molecule has 2 aromatic heterocycles. The lowest BCUT2D eigenvalue weighted by molar-refractivity contribution is 0.0821. The third kappa shape index (κ3) is 1.92. The second-order valence-corrected chi connectivity index (χ2v) is 4.06. The Labute approximate surface area is 104 Å². The summed E-state index contributed by atoms with van der Waals surface area (Å²) in [6, 6.07) is 5.03. The minimum Gasteiger partial charge on any atom is -0.355 e. The highest BCUT2D eigenvalue weighted by Gasteiger charge is 2.16. The van der Waals surface area contributed by atoms with Crippen molar-refractivity contribution in [3.63, 3.8) is 0 Å². The molecule has 0 bridgehead atoms. The van der Waals surface area contributed by atoms with Gasteiger partial charge in [-0.1, -0.05) is 0 Å². The van der Waals surface area contributed by atoms with Crippen molar-refractivity contribution < 1.29 is 9.59 Å². The molecule has 2 rings (SSSR count). The van der Waals surface area contributed by atoms with Gasteiger partial charge in [0.1, 0.15) is 0 Å². The Morgan fingerprint density at radius 1 is 1.39 bits per heavy atom.